The van der Waals surface area contributed by atoms with Gasteiger partial charge < -0.3 is 24.3 Å². The van der Waals surface area contributed by atoms with E-state index >= 15 is 0 Å². The predicted molar refractivity (Wildman–Crippen MR) is 148 cm³/mol. The third kappa shape index (κ3) is 9.98. The maximum Gasteiger partial charge on any atom is 0.511 e. The van der Waals surface area contributed by atoms with E-state index < -0.39 is 53.6 Å². The summed E-state index contributed by atoms with van der Waals surface area (Å²) in [6, 6.07) is 12.2. The Balaban J connectivity index is 1.58. The van der Waals surface area contributed by atoms with Gasteiger partial charge in [-0.1, -0.05) is 29.8 Å². The summed E-state index contributed by atoms with van der Waals surface area (Å²) in [5.41, 5.74) is 0.471. The van der Waals surface area contributed by atoms with E-state index in [1.54, 1.807) is 42.8 Å². The predicted octanol–water partition coefficient (Wildman–Crippen LogP) is 4.54. The van der Waals surface area contributed by atoms with E-state index in [1.165, 1.54) is 19.2 Å². The molecule has 1 aromatic heterocycles. The van der Waals surface area contributed by atoms with Crippen LogP contribution >= 0.6 is 0 Å². The Bertz CT molecular complexity index is 1610. The minimum atomic E-state index is -4.72. The van der Waals surface area contributed by atoms with E-state index in [0.717, 1.165) is 33.5 Å². The molecule has 2 aromatic carbocycles. The number of likely N-dealkylation sites (N-methyl/N-ethyl adjacent to an activating group) is 1. The van der Waals surface area contributed by atoms with Crippen molar-refractivity contribution >= 4 is 22.3 Å². The second-order valence-electron chi connectivity index (χ2n) is 9.45. The maximum atomic E-state index is 13.5. The second-order valence-corrected chi connectivity index (χ2v) is 11.1. The quantitative estimate of drug-likeness (QED) is 0.0722. The number of ether oxygens (including phenoxy) is 3. The van der Waals surface area contributed by atoms with E-state index in [-0.39, 0.29) is 27.8 Å². The van der Waals surface area contributed by atoms with Gasteiger partial charge in [0.1, 0.15) is 13.2 Å². The highest BCUT2D eigenvalue weighted by atomic mass is 32.2. The van der Waals surface area contributed by atoms with Crippen LogP contribution in [-0.2, 0) is 35.2 Å². The summed E-state index contributed by atoms with van der Waals surface area (Å²) in [7, 11) is -3.21. The number of halogens is 3. The fraction of sp³-hybridized carbons (Fsp3) is 0.346. The van der Waals surface area contributed by atoms with Crippen molar-refractivity contribution in [2.24, 2.45) is 5.28 Å². The van der Waals surface area contributed by atoms with Gasteiger partial charge in [-0.2, -0.15) is 18.3 Å². The molecule has 0 saturated heterocycles. The third-order valence-electron chi connectivity index (χ3n) is 5.59. The van der Waals surface area contributed by atoms with Gasteiger partial charge in [0.2, 0.25) is 5.28 Å². The standard InChI is InChI=1S/C26H29F3N6O9S/c1-17(2)44-25(37)42-16-43-32-35(38)33(4)13-14-41-24(36)31-45(39,40)21-11-9-20(10-12-21)34-22(15-23(30-34)26(27,28)29)19-7-5-18(3)6-8-19/h5-12,15,17H,13-14,16H2,1-4H3,(H,31,36). The van der Waals surface area contributed by atoms with Crippen molar-refractivity contribution in [3.63, 3.8) is 0 Å². The van der Waals surface area contributed by atoms with E-state index in [0.29, 0.717) is 5.56 Å². The van der Waals surface area contributed by atoms with Gasteiger partial charge in [0.25, 0.3) is 16.8 Å². The van der Waals surface area contributed by atoms with Crippen molar-refractivity contribution < 1.29 is 55.2 Å². The molecule has 244 valence electrons. The number of aryl methyl sites for hydroxylation is 1. The van der Waals surface area contributed by atoms with Gasteiger partial charge >= 0.3 is 18.4 Å². The van der Waals surface area contributed by atoms with Crippen molar-refractivity contribution in [3.8, 4) is 16.9 Å². The first kappa shape index (κ1) is 34.4. The number of benzene rings is 2. The van der Waals surface area contributed by atoms with Crippen LogP contribution in [0.5, 0.6) is 0 Å². The van der Waals surface area contributed by atoms with Gasteiger partial charge in [0.05, 0.1) is 34.4 Å². The molecule has 0 aliphatic carbocycles. The monoisotopic (exact) mass is 658 g/mol. The minimum absolute atomic E-state index is 0.0434. The average Bonchev–Trinajstić information content (AvgIpc) is 3.41. The molecule has 19 heteroatoms. The SMILES string of the molecule is Cc1ccc(-c2cc(C(F)(F)F)nn2-c2ccc(S(=O)(=O)NC(=O)OCCN(C)[N+]([O-])=NOCOC(=O)OC(C)C)cc2)cc1. The second kappa shape index (κ2) is 14.6. The number of nitrogens with one attached hydrogen (secondary N) is 1. The topological polar surface area (TPSA) is 177 Å². The lowest BCUT2D eigenvalue weighted by Gasteiger charge is -2.13. The summed E-state index contributed by atoms with van der Waals surface area (Å²) in [6.07, 6.45) is -7.53. The molecule has 15 nitrogen and oxygen atoms in total. The molecule has 45 heavy (non-hydrogen) atoms. The number of amides is 1. The van der Waals surface area contributed by atoms with E-state index in [1.807, 2.05) is 6.92 Å². The Morgan fingerprint density at radius 3 is 2.36 bits per heavy atom. The van der Waals surface area contributed by atoms with E-state index in [4.69, 9.17) is 4.74 Å². The zero-order valence-electron chi connectivity index (χ0n) is 24.3. The molecule has 0 fully saturated rings. The number of aromatic nitrogens is 2. The van der Waals surface area contributed by atoms with Crippen LogP contribution in [0.25, 0.3) is 16.9 Å². The molecule has 0 unspecified atom stereocenters. The van der Waals surface area contributed by atoms with Crippen molar-refractivity contribution in [1.29, 1.82) is 0 Å². The van der Waals surface area contributed by atoms with Gasteiger partial charge in [0.15, 0.2) is 5.69 Å². The Morgan fingerprint density at radius 1 is 1.11 bits per heavy atom. The van der Waals surface area contributed by atoms with Gasteiger partial charge in [-0.05, 0) is 51.1 Å². The summed E-state index contributed by atoms with van der Waals surface area (Å²) in [5, 5.41) is 19.5. The molecular formula is C26H29F3N6O9S. The molecule has 3 aromatic rings. The first-order chi connectivity index (χ1) is 21.1. The third-order valence-corrected chi connectivity index (χ3v) is 6.91. The average molecular weight is 659 g/mol. The maximum absolute atomic E-state index is 13.5. The molecule has 0 bridgehead atoms. The summed E-state index contributed by atoms with van der Waals surface area (Å²) in [6.45, 7) is 3.61. The summed E-state index contributed by atoms with van der Waals surface area (Å²) >= 11 is 0. The lowest BCUT2D eigenvalue weighted by molar-refractivity contribution is -0.706. The minimum Gasteiger partial charge on any atom is -0.569 e. The van der Waals surface area contributed by atoms with Crippen molar-refractivity contribution in [3.05, 3.63) is 71.1 Å². The van der Waals surface area contributed by atoms with Crippen LogP contribution in [0.2, 0.25) is 0 Å². The molecule has 0 atom stereocenters. The number of hydrogen-bond acceptors (Lipinski definition) is 11. The fourth-order valence-electron chi connectivity index (χ4n) is 3.40. The molecule has 1 amide bonds. The van der Waals surface area contributed by atoms with Crippen LogP contribution in [0, 0.1) is 12.1 Å². The Labute approximate surface area is 255 Å². The van der Waals surface area contributed by atoms with Crippen LogP contribution in [-0.4, -0.2) is 73.5 Å². The molecule has 3 rings (SSSR count). The molecule has 1 heterocycles. The van der Waals surface area contributed by atoms with Crippen molar-refractivity contribution in [1.82, 2.24) is 19.5 Å². The number of alkyl halides is 3. The highest BCUT2D eigenvalue weighted by Gasteiger charge is 2.35. The molecule has 1 N–H and O–H groups in total. The lowest BCUT2D eigenvalue weighted by atomic mass is 10.1. The zero-order valence-corrected chi connectivity index (χ0v) is 25.2. The van der Waals surface area contributed by atoms with Crippen molar-refractivity contribution in [2.75, 3.05) is 27.0 Å². The van der Waals surface area contributed by atoms with Crippen LogP contribution in [0.1, 0.15) is 25.1 Å². The molecule has 0 spiro atoms. The Hall–Kier alpha value is -5.07. The number of carbonyl (C=O) groups is 2. The summed E-state index contributed by atoms with van der Waals surface area (Å²) < 4.78 is 82.4. The number of carbonyl (C=O) groups excluding carboxylic acids is 2. The summed E-state index contributed by atoms with van der Waals surface area (Å²) in [5.74, 6) is 0. The summed E-state index contributed by atoms with van der Waals surface area (Å²) in [4.78, 5) is 27.4. The number of hydrogen-bond donors (Lipinski definition) is 1. The fourth-order valence-corrected chi connectivity index (χ4v) is 4.29. The first-order valence-corrected chi connectivity index (χ1v) is 14.4. The van der Waals surface area contributed by atoms with Crippen LogP contribution in [0.3, 0.4) is 0 Å². The lowest BCUT2D eigenvalue weighted by Crippen LogP contribution is -2.35. The highest BCUT2D eigenvalue weighted by molar-refractivity contribution is 7.90. The van der Waals surface area contributed by atoms with E-state index in [9.17, 15) is 36.4 Å². The molecular weight excluding hydrogens is 629 g/mol. The zero-order chi connectivity index (χ0) is 33.4. The number of hydrazine groups is 1. The number of sulfonamides is 1. The molecule has 0 aliphatic rings. The molecule has 0 saturated carbocycles. The molecule has 0 aliphatic heterocycles. The van der Waals surface area contributed by atoms with Gasteiger partial charge in [-0.25, -0.2) is 27.4 Å². The van der Waals surface area contributed by atoms with E-state index in [2.05, 4.69) is 24.7 Å². The number of nitrogens with zero attached hydrogens (tertiary/aromatic N) is 5. The normalized spacial score (nSPS) is 12.0. The van der Waals surface area contributed by atoms with Gasteiger partial charge in [-0.3, -0.25) is 0 Å². The Morgan fingerprint density at radius 2 is 1.76 bits per heavy atom. The Kier molecular flexibility index (Phi) is 11.2. The van der Waals surface area contributed by atoms with Gasteiger partial charge in [-0.15, -0.1) is 5.01 Å². The van der Waals surface area contributed by atoms with Crippen LogP contribution < -0.4 is 4.72 Å². The van der Waals surface area contributed by atoms with Crippen LogP contribution in [0.15, 0.2) is 64.8 Å². The van der Waals surface area contributed by atoms with Gasteiger partial charge in [0, 0.05) is 5.56 Å². The first-order valence-electron chi connectivity index (χ1n) is 13.0. The van der Waals surface area contributed by atoms with Crippen molar-refractivity contribution in [2.45, 2.75) is 37.9 Å². The highest BCUT2D eigenvalue weighted by Crippen LogP contribution is 2.33. The number of rotatable bonds is 12. The smallest absolute Gasteiger partial charge is 0.511 e. The van der Waals surface area contributed by atoms with Crippen LogP contribution in [0.4, 0.5) is 22.8 Å². The largest absolute Gasteiger partial charge is 0.569 e. The molecule has 0 radical (unpaired) electrons.